The first-order chi connectivity index (χ1) is 23.9. The Morgan fingerprint density at radius 1 is 0.540 bits per heavy atom. The zero-order chi connectivity index (χ0) is 37.3. The van der Waals surface area contributed by atoms with E-state index in [4.69, 9.17) is 19.1 Å². The number of aliphatic hydroxyl groups excluding tert-OH is 2. The number of phosphoric acid groups is 1. The van der Waals surface area contributed by atoms with Crippen LogP contribution in [0.3, 0.4) is 0 Å². The standard InChI is InChI=1S/C39H77O10P/c1-34(2)26-22-18-14-11-9-7-5-6-8-10-12-16-21-25-29-39(43)49-37(33-48-50(44,45)47-31-36(41)30-40)32-46-38(42)28-24-20-17-13-15-19-23-27-35(3)4/h34-37,40-41H,5-33H2,1-4H3,(H,44,45)/t36-,37+/m0/s1. The molecule has 0 aliphatic rings. The summed E-state index contributed by atoms with van der Waals surface area (Å²) in [5.74, 6) is 0.650. The molecular formula is C39H77O10P. The lowest BCUT2D eigenvalue weighted by atomic mass is 10.0. The summed E-state index contributed by atoms with van der Waals surface area (Å²) in [6.07, 6.45) is 25.2. The van der Waals surface area contributed by atoms with E-state index in [1.54, 1.807) is 0 Å². The third-order valence-corrected chi connectivity index (χ3v) is 9.82. The zero-order valence-corrected chi connectivity index (χ0v) is 33.4. The maximum atomic E-state index is 12.6. The van der Waals surface area contributed by atoms with Crippen LogP contribution < -0.4 is 0 Å². The monoisotopic (exact) mass is 737 g/mol. The molecule has 0 amide bonds. The van der Waals surface area contributed by atoms with Crippen molar-refractivity contribution in [1.29, 1.82) is 0 Å². The van der Waals surface area contributed by atoms with Gasteiger partial charge in [-0.25, -0.2) is 4.57 Å². The Morgan fingerprint density at radius 2 is 0.900 bits per heavy atom. The average Bonchev–Trinajstić information content (AvgIpc) is 3.07. The number of ether oxygens (including phenoxy) is 2. The summed E-state index contributed by atoms with van der Waals surface area (Å²) in [6, 6.07) is 0. The number of phosphoric ester groups is 1. The van der Waals surface area contributed by atoms with Gasteiger partial charge in [0.25, 0.3) is 0 Å². The lowest BCUT2D eigenvalue weighted by Crippen LogP contribution is -2.29. The number of hydrogen-bond donors (Lipinski definition) is 3. The second kappa shape index (κ2) is 33.8. The molecule has 0 fully saturated rings. The van der Waals surface area contributed by atoms with Crippen molar-refractivity contribution in [3.63, 3.8) is 0 Å². The Kier molecular flexibility index (Phi) is 33.1. The Bertz CT molecular complexity index is 838. The highest BCUT2D eigenvalue weighted by Gasteiger charge is 2.27. The SMILES string of the molecule is CC(C)CCCCCCCCCCCCCCCCC(=O)O[C@H](COC(=O)CCCCCCCCCC(C)C)COP(=O)(O)OC[C@@H](O)CO. The van der Waals surface area contributed by atoms with Crippen molar-refractivity contribution in [2.45, 2.75) is 200 Å². The van der Waals surface area contributed by atoms with Gasteiger partial charge in [-0.2, -0.15) is 0 Å². The fraction of sp³-hybridized carbons (Fsp3) is 0.949. The van der Waals surface area contributed by atoms with Crippen molar-refractivity contribution >= 4 is 19.8 Å². The molecule has 0 saturated carbocycles. The third-order valence-electron chi connectivity index (χ3n) is 8.87. The van der Waals surface area contributed by atoms with Gasteiger partial charge in [0.15, 0.2) is 6.10 Å². The Morgan fingerprint density at radius 3 is 1.30 bits per heavy atom. The van der Waals surface area contributed by atoms with Gasteiger partial charge in [0.05, 0.1) is 19.8 Å². The van der Waals surface area contributed by atoms with E-state index < -0.39 is 51.8 Å². The summed E-state index contributed by atoms with van der Waals surface area (Å²) in [7, 11) is -4.60. The van der Waals surface area contributed by atoms with Crippen LogP contribution in [-0.2, 0) is 32.7 Å². The maximum absolute atomic E-state index is 12.6. The van der Waals surface area contributed by atoms with E-state index >= 15 is 0 Å². The van der Waals surface area contributed by atoms with Crippen LogP contribution in [-0.4, -0.2) is 65.7 Å². The second-order valence-electron chi connectivity index (χ2n) is 15.0. The van der Waals surface area contributed by atoms with Crippen LogP contribution >= 0.6 is 7.82 Å². The van der Waals surface area contributed by atoms with E-state index in [1.165, 1.54) is 96.3 Å². The van der Waals surface area contributed by atoms with Crippen molar-refractivity contribution in [1.82, 2.24) is 0 Å². The molecule has 1 unspecified atom stereocenters. The molecule has 0 aliphatic heterocycles. The van der Waals surface area contributed by atoms with Gasteiger partial charge in [0.2, 0.25) is 0 Å². The van der Waals surface area contributed by atoms with E-state index in [1.807, 2.05) is 0 Å². The number of carbonyl (C=O) groups excluding carboxylic acids is 2. The first-order valence-corrected chi connectivity index (χ1v) is 21.7. The molecule has 0 rings (SSSR count). The molecule has 0 aromatic carbocycles. The highest BCUT2D eigenvalue weighted by Crippen LogP contribution is 2.43. The molecule has 10 nitrogen and oxygen atoms in total. The minimum Gasteiger partial charge on any atom is -0.462 e. The molecule has 3 N–H and O–H groups in total. The van der Waals surface area contributed by atoms with Gasteiger partial charge in [-0.1, -0.05) is 163 Å². The molecule has 3 atom stereocenters. The van der Waals surface area contributed by atoms with E-state index in [9.17, 15) is 24.2 Å². The number of esters is 2. The summed E-state index contributed by atoms with van der Waals surface area (Å²) >= 11 is 0. The molecule has 0 aliphatic carbocycles. The maximum Gasteiger partial charge on any atom is 0.472 e. The molecule has 0 saturated heterocycles. The minimum absolute atomic E-state index is 0.190. The van der Waals surface area contributed by atoms with Crippen LogP contribution in [0.25, 0.3) is 0 Å². The molecule has 0 aromatic heterocycles. The van der Waals surface area contributed by atoms with E-state index in [0.717, 1.165) is 50.4 Å². The van der Waals surface area contributed by atoms with Crippen molar-refractivity contribution < 1.29 is 47.8 Å². The van der Waals surface area contributed by atoms with Gasteiger partial charge in [0, 0.05) is 12.8 Å². The number of hydrogen-bond acceptors (Lipinski definition) is 9. The van der Waals surface area contributed by atoms with Gasteiger partial charge >= 0.3 is 19.8 Å². The molecule has 0 radical (unpaired) electrons. The van der Waals surface area contributed by atoms with Crippen LogP contribution in [0.1, 0.15) is 188 Å². The third kappa shape index (κ3) is 35.4. The van der Waals surface area contributed by atoms with Crippen LogP contribution in [0.15, 0.2) is 0 Å². The fourth-order valence-corrected chi connectivity index (χ4v) is 6.51. The number of rotatable bonds is 37. The van der Waals surface area contributed by atoms with E-state index in [-0.39, 0.29) is 19.4 Å². The second-order valence-corrected chi connectivity index (χ2v) is 16.4. The Hall–Kier alpha value is -1.03. The Labute approximate surface area is 305 Å². The van der Waals surface area contributed by atoms with Gasteiger partial charge in [0.1, 0.15) is 12.7 Å². The fourth-order valence-electron chi connectivity index (χ4n) is 5.72. The first-order valence-electron chi connectivity index (χ1n) is 20.2. The van der Waals surface area contributed by atoms with Gasteiger partial charge in [-0.15, -0.1) is 0 Å². The predicted molar refractivity (Wildman–Crippen MR) is 201 cm³/mol. The largest absolute Gasteiger partial charge is 0.472 e. The summed E-state index contributed by atoms with van der Waals surface area (Å²) in [5, 5.41) is 18.3. The van der Waals surface area contributed by atoms with Gasteiger partial charge in [-0.3, -0.25) is 18.6 Å². The summed E-state index contributed by atoms with van der Waals surface area (Å²) in [6.45, 7) is 6.98. The smallest absolute Gasteiger partial charge is 0.462 e. The van der Waals surface area contributed by atoms with Crippen LogP contribution in [0.4, 0.5) is 0 Å². The molecule has 50 heavy (non-hydrogen) atoms. The van der Waals surface area contributed by atoms with Crippen molar-refractivity contribution in [3.05, 3.63) is 0 Å². The van der Waals surface area contributed by atoms with Crippen molar-refractivity contribution in [2.24, 2.45) is 11.8 Å². The summed E-state index contributed by atoms with van der Waals surface area (Å²) in [5.41, 5.74) is 0. The van der Waals surface area contributed by atoms with Crippen LogP contribution in [0, 0.1) is 11.8 Å². The lowest BCUT2D eigenvalue weighted by molar-refractivity contribution is -0.161. The van der Waals surface area contributed by atoms with Gasteiger partial charge in [-0.05, 0) is 24.7 Å². The van der Waals surface area contributed by atoms with Crippen molar-refractivity contribution in [3.8, 4) is 0 Å². The van der Waals surface area contributed by atoms with E-state index in [2.05, 4.69) is 32.2 Å². The quantitative estimate of drug-likeness (QED) is 0.0320. The van der Waals surface area contributed by atoms with E-state index in [0.29, 0.717) is 12.8 Å². The highest BCUT2D eigenvalue weighted by atomic mass is 31.2. The first kappa shape index (κ1) is 49.0. The summed E-state index contributed by atoms with van der Waals surface area (Å²) < 4.78 is 32.6. The molecule has 298 valence electrons. The highest BCUT2D eigenvalue weighted by molar-refractivity contribution is 7.47. The minimum atomic E-state index is -4.60. The van der Waals surface area contributed by atoms with Crippen molar-refractivity contribution in [2.75, 3.05) is 26.4 Å². The lowest BCUT2D eigenvalue weighted by Gasteiger charge is -2.20. The molecular weight excluding hydrogens is 659 g/mol. The normalized spacial score (nSPS) is 14.2. The molecule has 0 heterocycles. The molecule has 0 bridgehead atoms. The van der Waals surface area contributed by atoms with Gasteiger partial charge < -0.3 is 24.6 Å². The molecule has 0 aromatic rings. The number of carbonyl (C=O) groups is 2. The number of unbranched alkanes of at least 4 members (excludes halogenated alkanes) is 19. The summed E-state index contributed by atoms with van der Waals surface area (Å²) in [4.78, 5) is 34.8. The average molecular weight is 737 g/mol. The number of aliphatic hydroxyl groups is 2. The van der Waals surface area contributed by atoms with Crippen LogP contribution in [0.5, 0.6) is 0 Å². The molecule has 0 spiro atoms. The topological polar surface area (TPSA) is 149 Å². The predicted octanol–water partition coefficient (Wildman–Crippen LogP) is 9.99. The zero-order valence-electron chi connectivity index (χ0n) is 32.5. The Balaban J connectivity index is 4.27. The molecule has 11 heteroatoms. The van der Waals surface area contributed by atoms with Crippen LogP contribution in [0.2, 0.25) is 0 Å².